The number of nitrogens with zero attached hydrogens (tertiary/aromatic N) is 5. The normalized spacial score (nSPS) is 12.8. The average molecular weight is 243 g/mol. The van der Waals surface area contributed by atoms with E-state index < -0.39 is 0 Å². The summed E-state index contributed by atoms with van der Waals surface area (Å²) in [5.74, 6) is 0.779. The second kappa shape index (κ2) is 4.10. The first kappa shape index (κ1) is 10.7. The van der Waals surface area contributed by atoms with Crippen molar-refractivity contribution in [1.29, 1.82) is 0 Å². The second-order valence-corrected chi connectivity index (χ2v) is 4.13. The molecule has 0 saturated carbocycles. The molecule has 2 N–H and O–H groups in total. The Hall–Kier alpha value is -2.44. The molecule has 1 unspecified atom stereocenters. The fourth-order valence-corrected chi connectivity index (χ4v) is 1.86. The summed E-state index contributed by atoms with van der Waals surface area (Å²) in [5, 5.41) is 15.2. The molecule has 18 heavy (non-hydrogen) atoms. The summed E-state index contributed by atoms with van der Waals surface area (Å²) < 4.78 is 1.73. The van der Waals surface area contributed by atoms with Gasteiger partial charge in [0.25, 0.3) is 0 Å². The summed E-state index contributed by atoms with van der Waals surface area (Å²) in [4.78, 5) is 8.47. The Morgan fingerprint density at radius 1 is 1.33 bits per heavy atom. The third-order valence-electron chi connectivity index (χ3n) is 2.90. The van der Waals surface area contributed by atoms with Crippen LogP contribution in [-0.4, -0.2) is 29.9 Å². The molecule has 0 bridgehead atoms. The van der Waals surface area contributed by atoms with Gasteiger partial charge in [-0.15, -0.1) is 0 Å². The molecule has 0 aliphatic carbocycles. The van der Waals surface area contributed by atoms with Gasteiger partial charge in [0.05, 0.1) is 23.8 Å². The van der Waals surface area contributed by atoms with E-state index in [0.29, 0.717) is 0 Å². The predicted octanol–water partition coefficient (Wildman–Crippen LogP) is 1.26. The van der Waals surface area contributed by atoms with Gasteiger partial charge in [-0.3, -0.25) is 9.78 Å². The number of anilines is 1. The number of aryl methyl sites for hydroxylation is 1. The first-order valence-corrected chi connectivity index (χ1v) is 5.63. The Balaban J connectivity index is 1.95. The van der Waals surface area contributed by atoms with Crippen LogP contribution in [0.15, 0.2) is 24.9 Å². The minimum atomic E-state index is 0.113. The zero-order valence-corrected chi connectivity index (χ0v) is 10.1. The predicted molar refractivity (Wildman–Crippen MR) is 66.9 cm³/mol. The molecular weight excluding hydrogens is 230 g/mol. The Bertz CT molecular complexity index is 655. The highest BCUT2D eigenvalue weighted by molar-refractivity contribution is 5.86. The number of fused-ring (bicyclic) bond motifs is 1. The molecule has 7 heteroatoms. The Morgan fingerprint density at radius 2 is 2.22 bits per heavy atom. The van der Waals surface area contributed by atoms with Gasteiger partial charge >= 0.3 is 0 Å². The second-order valence-electron chi connectivity index (χ2n) is 4.13. The molecule has 0 aromatic carbocycles. The summed E-state index contributed by atoms with van der Waals surface area (Å²) in [6.07, 6.45) is 6.95. The van der Waals surface area contributed by atoms with Crippen LogP contribution in [0.3, 0.4) is 0 Å². The van der Waals surface area contributed by atoms with E-state index in [1.54, 1.807) is 17.1 Å². The van der Waals surface area contributed by atoms with E-state index in [1.165, 1.54) is 6.33 Å². The van der Waals surface area contributed by atoms with Crippen molar-refractivity contribution in [1.82, 2.24) is 29.9 Å². The number of aromatic nitrogens is 6. The number of aromatic amines is 1. The Morgan fingerprint density at radius 3 is 3.00 bits per heavy atom. The van der Waals surface area contributed by atoms with E-state index in [1.807, 2.05) is 13.2 Å². The van der Waals surface area contributed by atoms with Crippen LogP contribution in [0.4, 0.5) is 5.82 Å². The molecule has 0 aliphatic heterocycles. The summed E-state index contributed by atoms with van der Waals surface area (Å²) in [6.45, 7) is 2.05. The topological polar surface area (TPSA) is 84.3 Å². The summed E-state index contributed by atoms with van der Waals surface area (Å²) in [6, 6.07) is 0.113. The van der Waals surface area contributed by atoms with E-state index in [0.717, 1.165) is 22.4 Å². The maximum Gasteiger partial charge on any atom is 0.163 e. The van der Waals surface area contributed by atoms with E-state index in [4.69, 9.17) is 0 Å². The molecule has 0 spiro atoms. The Labute approximate surface area is 103 Å². The van der Waals surface area contributed by atoms with E-state index in [2.05, 4.69) is 37.5 Å². The van der Waals surface area contributed by atoms with Gasteiger partial charge < -0.3 is 5.32 Å². The van der Waals surface area contributed by atoms with Crippen LogP contribution in [0, 0.1) is 0 Å². The van der Waals surface area contributed by atoms with Crippen LogP contribution in [0.25, 0.3) is 11.0 Å². The van der Waals surface area contributed by atoms with Crippen LogP contribution >= 0.6 is 0 Å². The third-order valence-corrected chi connectivity index (χ3v) is 2.90. The van der Waals surface area contributed by atoms with Crippen LogP contribution in [0.5, 0.6) is 0 Å². The van der Waals surface area contributed by atoms with Gasteiger partial charge in [-0.2, -0.15) is 10.2 Å². The highest BCUT2D eigenvalue weighted by Gasteiger charge is 2.11. The van der Waals surface area contributed by atoms with E-state index in [9.17, 15) is 0 Å². The first-order valence-electron chi connectivity index (χ1n) is 5.63. The van der Waals surface area contributed by atoms with Crippen molar-refractivity contribution in [2.75, 3.05) is 5.32 Å². The van der Waals surface area contributed by atoms with Gasteiger partial charge in [0.2, 0.25) is 0 Å². The van der Waals surface area contributed by atoms with Crippen LogP contribution in [0.2, 0.25) is 0 Å². The Kier molecular flexibility index (Phi) is 2.44. The van der Waals surface area contributed by atoms with Gasteiger partial charge in [-0.05, 0) is 6.92 Å². The van der Waals surface area contributed by atoms with Crippen LogP contribution in [0.1, 0.15) is 18.5 Å². The van der Waals surface area contributed by atoms with Gasteiger partial charge in [-0.1, -0.05) is 0 Å². The standard InChI is InChI=1S/C11H13N7/c1-7(8-3-14-15-4-8)17-10-9-5-16-18(2)11(9)13-6-12-10/h3-7H,1-2H3,(H,14,15)(H,12,13,17). The highest BCUT2D eigenvalue weighted by Crippen LogP contribution is 2.22. The molecule has 92 valence electrons. The maximum absolute atomic E-state index is 4.26. The monoisotopic (exact) mass is 243 g/mol. The quantitative estimate of drug-likeness (QED) is 0.723. The van der Waals surface area contributed by atoms with Crippen molar-refractivity contribution in [2.45, 2.75) is 13.0 Å². The fraction of sp³-hybridized carbons (Fsp3) is 0.273. The fourth-order valence-electron chi connectivity index (χ4n) is 1.86. The van der Waals surface area contributed by atoms with Gasteiger partial charge in [0, 0.05) is 18.8 Å². The zero-order valence-electron chi connectivity index (χ0n) is 10.1. The summed E-state index contributed by atoms with van der Waals surface area (Å²) >= 11 is 0. The minimum Gasteiger partial charge on any atom is -0.363 e. The zero-order chi connectivity index (χ0) is 12.5. The molecule has 0 amide bonds. The number of hydrogen-bond donors (Lipinski definition) is 2. The molecule has 3 aromatic heterocycles. The van der Waals surface area contributed by atoms with Gasteiger partial charge in [-0.25, -0.2) is 9.97 Å². The van der Waals surface area contributed by atoms with Crippen molar-refractivity contribution >= 4 is 16.9 Å². The number of hydrogen-bond acceptors (Lipinski definition) is 5. The number of rotatable bonds is 3. The summed E-state index contributed by atoms with van der Waals surface area (Å²) in [7, 11) is 1.86. The molecule has 3 rings (SSSR count). The lowest BCUT2D eigenvalue weighted by Gasteiger charge is -2.12. The van der Waals surface area contributed by atoms with Crippen molar-refractivity contribution < 1.29 is 0 Å². The molecule has 3 aromatic rings. The largest absolute Gasteiger partial charge is 0.363 e. The lowest BCUT2D eigenvalue weighted by atomic mass is 10.2. The SMILES string of the molecule is CC(Nc1ncnc2c1cnn2C)c1cn[nH]c1. The lowest BCUT2D eigenvalue weighted by Crippen LogP contribution is -2.07. The lowest BCUT2D eigenvalue weighted by molar-refractivity contribution is 0.785. The van der Waals surface area contributed by atoms with Crippen molar-refractivity contribution in [3.63, 3.8) is 0 Å². The molecule has 0 aliphatic rings. The molecule has 0 fully saturated rings. The molecule has 3 heterocycles. The molecular formula is C11H13N7. The van der Waals surface area contributed by atoms with Crippen LogP contribution < -0.4 is 5.32 Å². The van der Waals surface area contributed by atoms with Crippen LogP contribution in [-0.2, 0) is 7.05 Å². The van der Waals surface area contributed by atoms with E-state index >= 15 is 0 Å². The minimum absolute atomic E-state index is 0.113. The van der Waals surface area contributed by atoms with Crippen molar-refractivity contribution in [3.8, 4) is 0 Å². The molecule has 0 saturated heterocycles. The smallest absolute Gasteiger partial charge is 0.163 e. The van der Waals surface area contributed by atoms with Crippen molar-refractivity contribution in [3.05, 3.63) is 30.5 Å². The van der Waals surface area contributed by atoms with Crippen molar-refractivity contribution in [2.24, 2.45) is 7.05 Å². The third kappa shape index (κ3) is 1.69. The summed E-state index contributed by atoms with van der Waals surface area (Å²) in [5.41, 5.74) is 1.89. The van der Waals surface area contributed by atoms with Gasteiger partial charge in [0.1, 0.15) is 12.1 Å². The number of nitrogens with one attached hydrogen (secondary N) is 2. The number of H-pyrrole nitrogens is 1. The molecule has 1 atom stereocenters. The maximum atomic E-state index is 4.26. The average Bonchev–Trinajstić information content (AvgIpc) is 3.00. The highest BCUT2D eigenvalue weighted by atomic mass is 15.3. The molecule has 0 radical (unpaired) electrons. The van der Waals surface area contributed by atoms with Gasteiger partial charge in [0.15, 0.2) is 5.65 Å². The first-order chi connectivity index (χ1) is 8.75. The van der Waals surface area contributed by atoms with E-state index in [-0.39, 0.29) is 6.04 Å². The molecule has 7 nitrogen and oxygen atoms in total.